The zero-order valence-electron chi connectivity index (χ0n) is 6.47. The SMILES string of the molecule is C=C[C@@H](C)[C@@H]1CCCC1=O. The Kier molecular flexibility index (Phi) is 2.25. The van der Waals surface area contributed by atoms with Crippen LogP contribution in [0.2, 0.25) is 0 Å². The molecule has 1 nitrogen and oxygen atoms in total. The molecular weight excluding hydrogens is 124 g/mol. The van der Waals surface area contributed by atoms with Crippen LogP contribution >= 0.6 is 0 Å². The van der Waals surface area contributed by atoms with Crippen LogP contribution in [-0.4, -0.2) is 5.78 Å². The largest absolute Gasteiger partial charge is 0.299 e. The summed E-state index contributed by atoms with van der Waals surface area (Å²) in [4.78, 5) is 11.1. The first kappa shape index (κ1) is 7.52. The third-order valence-electron chi connectivity index (χ3n) is 2.36. The summed E-state index contributed by atoms with van der Waals surface area (Å²) in [6, 6.07) is 0. The molecule has 2 atom stereocenters. The number of hydrogen-bond donors (Lipinski definition) is 0. The van der Waals surface area contributed by atoms with Crippen LogP contribution < -0.4 is 0 Å². The van der Waals surface area contributed by atoms with E-state index in [2.05, 4.69) is 13.5 Å². The van der Waals surface area contributed by atoms with Crippen LogP contribution in [0.3, 0.4) is 0 Å². The van der Waals surface area contributed by atoms with Crippen LogP contribution in [0.1, 0.15) is 26.2 Å². The van der Waals surface area contributed by atoms with Crippen LogP contribution in [0.25, 0.3) is 0 Å². The summed E-state index contributed by atoms with van der Waals surface area (Å²) in [5.41, 5.74) is 0. The minimum atomic E-state index is 0.289. The lowest BCUT2D eigenvalue weighted by Crippen LogP contribution is -2.13. The minimum Gasteiger partial charge on any atom is -0.299 e. The molecule has 0 radical (unpaired) electrons. The molecule has 0 aromatic rings. The van der Waals surface area contributed by atoms with E-state index in [0.29, 0.717) is 11.7 Å². The Hall–Kier alpha value is -0.590. The maximum atomic E-state index is 11.1. The van der Waals surface area contributed by atoms with Gasteiger partial charge in [-0.1, -0.05) is 13.0 Å². The molecule has 0 saturated heterocycles. The highest BCUT2D eigenvalue weighted by molar-refractivity contribution is 5.83. The predicted molar refractivity (Wildman–Crippen MR) is 41.7 cm³/mol. The molecule has 0 heterocycles. The highest BCUT2D eigenvalue weighted by Crippen LogP contribution is 2.28. The second-order valence-electron chi connectivity index (χ2n) is 3.06. The summed E-state index contributed by atoms with van der Waals surface area (Å²) in [7, 11) is 0. The summed E-state index contributed by atoms with van der Waals surface area (Å²) in [5.74, 6) is 1.11. The Morgan fingerprint density at radius 1 is 1.80 bits per heavy atom. The van der Waals surface area contributed by atoms with E-state index in [1.807, 2.05) is 6.08 Å². The Bertz CT molecular complexity index is 149. The third-order valence-corrected chi connectivity index (χ3v) is 2.36. The van der Waals surface area contributed by atoms with Gasteiger partial charge in [0.1, 0.15) is 5.78 Å². The molecular formula is C9H14O. The fraction of sp³-hybridized carbons (Fsp3) is 0.667. The molecule has 1 rings (SSSR count). The Morgan fingerprint density at radius 2 is 2.50 bits per heavy atom. The van der Waals surface area contributed by atoms with Gasteiger partial charge in [-0.2, -0.15) is 0 Å². The number of allylic oxidation sites excluding steroid dienone is 1. The number of ketones is 1. The highest BCUT2D eigenvalue weighted by atomic mass is 16.1. The summed E-state index contributed by atoms with van der Waals surface area (Å²) in [6.45, 7) is 5.76. The molecule has 0 spiro atoms. The third kappa shape index (κ3) is 1.28. The van der Waals surface area contributed by atoms with Crippen LogP contribution in [0.15, 0.2) is 12.7 Å². The van der Waals surface area contributed by atoms with Gasteiger partial charge in [-0.25, -0.2) is 0 Å². The maximum Gasteiger partial charge on any atom is 0.136 e. The molecule has 10 heavy (non-hydrogen) atoms. The predicted octanol–water partition coefficient (Wildman–Crippen LogP) is 2.18. The first-order valence-corrected chi connectivity index (χ1v) is 3.91. The zero-order chi connectivity index (χ0) is 7.56. The second kappa shape index (κ2) is 3.00. The standard InChI is InChI=1S/C9H14O/c1-3-7(2)8-5-4-6-9(8)10/h3,7-8H,1,4-6H2,2H3/t7-,8+/m1/s1. The van der Waals surface area contributed by atoms with Crippen LogP contribution in [0.4, 0.5) is 0 Å². The lowest BCUT2D eigenvalue weighted by Gasteiger charge is -2.11. The first-order valence-electron chi connectivity index (χ1n) is 3.91. The van der Waals surface area contributed by atoms with E-state index < -0.39 is 0 Å². The molecule has 0 aromatic carbocycles. The average Bonchev–Trinajstić information content (AvgIpc) is 2.34. The van der Waals surface area contributed by atoms with Crippen molar-refractivity contribution >= 4 is 5.78 Å². The van der Waals surface area contributed by atoms with Gasteiger partial charge >= 0.3 is 0 Å². The van der Waals surface area contributed by atoms with E-state index in [1.165, 1.54) is 0 Å². The molecule has 1 aliphatic rings. The van der Waals surface area contributed by atoms with E-state index in [-0.39, 0.29) is 5.92 Å². The van der Waals surface area contributed by atoms with E-state index >= 15 is 0 Å². The maximum absolute atomic E-state index is 11.1. The first-order chi connectivity index (χ1) is 4.75. The summed E-state index contributed by atoms with van der Waals surface area (Å²) < 4.78 is 0. The van der Waals surface area contributed by atoms with Crippen molar-refractivity contribution in [2.24, 2.45) is 11.8 Å². The molecule has 1 fully saturated rings. The number of carbonyl (C=O) groups is 1. The summed E-state index contributed by atoms with van der Waals surface area (Å²) in [6.07, 6.45) is 4.84. The molecule has 0 amide bonds. The van der Waals surface area contributed by atoms with Crippen molar-refractivity contribution in [3.63, 3.8) is 0 Å². The molecule has 0 N–H and O–H groups in total. The van der Waals surface area contributed by atoms with Crippen molar-refractivity contribution in [2.45, 2.75) is 26.2 Å². The van der Waals surface area contributed by atoms with Crippen molar-refractivity contribution in [3.8, 4) is 0 Å². The van der Waals surface area contributed by atoms with Gasteiger partial charge < -0.3 is 0 Å². The molecule has 0 unspecified atom stereocenters. The molecule has 0 aromatic heterocycles. The topological polar surface area (TPSA) is 17.1 Å². The molecule has 0 bridgehead atoms. The van der Waals surface area contributed by atoms with Gasteiger partial charge in [0.25, 0.3) is 0 Å². The molecule has 56 valence electrons. The highest BCUT2D eigenvalue weighted by Gasteiger charge is 2.27. The molecule has 0 aliphatic heterocycles. The zero-order valence-corrected chi connectivity index (χ0v) is 6.47. The molecule has 1 aliphatic carbocycles. The minimum absolute atomic E-state index is 0.289. The number of carbonyl (C=O) groups excluding carboxylic acids is 1. The quantitative estimate of drug-likeness (QED) is 0.534. The Balaban J connectivity index is 2.54. The van der Waals surface area contributed by atoms with Gasteiger partial charge in [-0.15, -0.1) is 6.58 Å². The number of Topliss-reactive ketones (excluding diaryl/α,β-unsaturated/α-hetero) is 1. The van der Waals surface area contributed by atoms with Crippen molar-refractivity contribution in [3.05, 3.63) is 12.7 Å². The van der Waals surface area contributed by atoms with Crippen LogP contribution in [0.5, 0.6) is 0 Å². The van der Waals surface area contributed by atoms with Crippen molar-refractivity contribution in [2.75, 3.05) is 0 Å². The van der Waals surface area contributed by atoms with Crippen LogP contribution in [0, 0.1) is 11.8 Å². The van der Waals surface area contributed by atoms with Crippen LogP contribution in [-0.2, 0) is 4.79 Å². The monoisotopic (exact) mass is 138 g/mol. The van der Waals surface area contributed by atoms with Crippen molar-refractivity contribution in [1.82, 2.24) is 0 Å². The Labute approximate surface area is 62.1 Å². The van der Waals surface area contributed by atoms with E-state index in [9.17, 15) is 4.79 Å². The van der Waals surface area contributed by atoms with Gasteiger partial charge in [0.05, 0.1) is 0 Å². The number of rotatable bonds is 2. The van der Waals surface area contributed by atoms with Crippen molar-refractivity contribution in [1.29, 1.82) is 0 Å². The van der Waals surface area contributed by atoms with Gasteiger partial charge in [0.15, 0.2) is 0 Å². The average molecular weight is 138 g/mol. The molecule has 1 heteroatoms. The normalized spacial score (nSPS) is 28.5. The fourth-order valence-corrected chi connectivity index (χ4v) is 1.56. The van der Waals surface area contributed by atoms with Gasteiger partial charge in [-0.05, 0) is 18.8 Å². The van der Waals surface area contributed by atoms with Crippen molar-refractivity contribution < 1.29 is 4.79 Å². The smallest absolute Gasteiger partial charge is 0.136 e. The second-order valence-corrected chi connectivity index (χ2v) is 3.06. The van der Waals surface area contributed by atoms with Gasteiger partial charge in [0, 0.05) is 12.3 Å². The van der Waals surface area contributed by atoms with Gasteiger partial charge in [0.2, 0.25) is 0 Å². The Morgan fingerprint density at radius 3 is 2.90 bits per heavy atom. The fourth-order valence-electron chi connectivity index (χ4n) is 1.56. The summed E-state index contributed by atoms with van der Waals surface area (Å²) >= 11 is 0. The summed E-state index contributed by atoms with van der Waals surface area (Å²) in [5, 5.41) is 0. The lowest BCUT2D eigenvalue weighted by molar-refractivity contribution is -0.121. The van der Waals surface area contributed by atoms with E-state index in [1.54, 1.807) is 0 Å². The molecule has 1 saturated carbocycles. The number of hydrogen-bond acceptors (Lipinski definition) is 1. The van der Waals surface area contributed by atoms with Gasteiger partial charge in [-0.3, -0.25) is 4.79 Å². The van der Waals surface area contributed by atoms with E-state index in [4.69, 9.17) is 0 Å². The van der Waals surface area contributed by atoms with E-state index in [0.717, 1.165) is 19.3 Å². The lowest BCUT2D eigenvalue weighted by atomic mass is 9.92.